The van der Waals surface area contributed by atoms with Gasteiger partial charge in [0.25, 0.3) is 0 Å². The highest BCUT2D eigenvalue weighted by molar-refractivity contribution is 14.0. The minimum absolute atomic E-state index is 0. The average molecular weight is 507 g/mol. The summed E-state index contributed by atoms with van der Waals surface area (Å²) in [6.07, 6.45) is 3.42. The summed E-state index contributed by atoms with van der Waals surface area (Å²) in [6, 6.07) is 15.6. The van der Waals surface area contributed by atoms with E-state index in [4.69, 9.17) is 0 Å². The number of aromatic nitrogens is 2. The number of imidazole rings is 1. The Bertz CT molecular complexity index is 939. The van der Waals surface area contributed by atoms with E-state index in [1.54, 1.807) is 36.1 Å². The van der Waals surface area contributed by atoms with Gasteiger partial charge in [-0.2, -0.15) is 0 Å². The van der Waals surface area contributed by atoms with E-state index in [1.165, 1.54) is 5.56 Å². The van der Waals surface area contributed by atoms with E-state index >= 15 is 0 Å². The van der Waals surface area contributed by atoms with Gasteiger partial charge in [0.1, 0.15) is 11.6 Å². The molecule has 1 atom stereocenters. The minimum atomic E-state index is -0.277. The molecule has 0 aliphatic rings. The minimum Gasteiger partial charge on any atom is -0.356 e. The average Bonchev–Trinajstić information content (AvgIpc) is 3.14. The fourth-order valence-corrected chi connectivity index (χ4v) is 3.04. The first-order chi connectivity index (χ1) is 13.6. The van der Waals surface area contributed by atoms with E-state index in [9.17, 15) is 4.39 Å². The molecule has 3 aromatic rings. The number of guanidine groups is 1. The highest BCUT2D eigenvalue weighted by Crippen LogP contribution is 2.17. The number of aliphatic imine (C=N–C) groups is 1. The number of nitrogens with zero attached hydrogens (tertiary/aromatic N) is 3. The van der Waals surface area contributed by atoms with E-state index in [0.29, 0.717) is 24.1 Å². The first-order valence-electron chi connectivity index (χ1n) is 9.36. The highest BCUT2D eigenvalue weighted by atomic mass is 127. The molecular weight excluding hydrogens is 480 g/mol. The van der Waals surface area contributed by atoms with Crippen LogP contribution in [0.5, 0.6) is 0 Å². The Morgan fingerprint density at radius 1 is 1.17 bits per heavy atom. The predicted octanol–water partition coefficient (Wildman–Crippen LogP) is 4.41. The molecule has 0 aliphatic heterocycles. The van der Waals surface area contributed by atoms with Gasteiger partial charge in [0, 0.05) is 32.5 Å². The third-order valence-electron chi connectivity index (χ3n) is 4.73. The third kappa shape index (κ3) is 6.03. The quantitative estimate of drug-likeness (QED) is 0.296. The molecule has 0 amide bonds. The molecule has 154 valence electrons. The molecular formula is C22H27FIN5. The normalized spacial score (nSPS) is 12.2. The molecule has 7 heteroatoms. The Morgan fingerprint density at radius 3 is 2.55 bits per heavy atom. The maximum atomic E-state index is 14.5. The van der Waals surface area contributed by atoms with Gasteiger partial charge in [-0.3, -0.25) is 4.99 Å². The molecule has 5 nitrogen and oxygen atoms in total. The summed E-state index contributed by atoms with van der Waals surface area (Å²) in [6.45, 7) is 5.26. The van der Waals surface area contributed by atoms with Gasteiger partial charge in [-0.1, -0.05) is 43.3 Å². The van der Waals surface area contributed by atoms with Gasteiger partial charge >= 0.3 is 0 Å². The first-order valence-corrected chi connectivity index (χ1v) is 9.36. The molecule has 0 spiro atoms. The lowest BCUT2D eigenvalue weighted by atomic mass is 10.0. The van der Waals surface area contributed by atoms with E-state index in [0.717, 1.165) is 17.9 Å². The van der Waals surface area contributed by atoms with Crippen LogP contribution in [-0.4, -0.2) is 29.1 Å². The number of hydrogen-bond donors (Lipinski definition) is 2. The van der Waals surface area contributed by atoms with Crippen LogP contribution < -0.4 is 10.6 Å². The van der Waals surface area contributed by atoms with Crippen LogP contribution in [0.15, 0.2) is 65.9 Å². The molecule has 1 unspecified atom stereocenters. The van der Waals surface area contributed by atoms with Crippen molar-refractivity contribution in [1.29, 1.82) is 0 Å². The van der Waals surface area contributed by atoms with E-state index in [-0.39, 0.29) is 29.8 Å². The number of hydrogen-bond acceptors (Lipinski definition) is 2. The zero-order valence-electron chi connectivity index (χ0n) is 16.9. The zero-order chi connectivity index (χ0) is 19.9. The molecule has 1 aromatic heterocycles. The van der Waals surface area contributed by atoms with Gasteiger partial charge in [-0.15, -0.1) is 24.0 Å². The summed E-state index contributed by atoms with van der Waals surface area (Å²) < 4.78 is 16.3. The summed E-state index contributed by atoms with van der Waals surface area (Å²) >= 11 is 0. The lowest BCUT2D eigenvalue weighted by Gasteiger charge is -2.16. The zero-order valence-corrected chi connectivity index (χ0v) is 19.2. The lowest BCUT2D eigenvalue weighted by molar-refractivity contribution is 0.613. The van der Waals surface area contributed by atoms with Gasteiger partial charge in [0.15, 0.2) is 5.96 Å². The molecule has 2 aromatic carbocycles. The van der Waals surface area contributed by atoms with Crippen molar-refractivity contribution < 1.29 is 4.39 Å². The van der Waals surface area contributed by atoms with Crippen LogP contribution in [0.2, 0.25) is 0 Å². The molecule has 0 fully saturated rings. The SMILES string of the molecule is CN=C(NCc1ccc(-n2ccnc2C)c(F)c1)NCC(C)c1ccccc1.I. The van der Waals surface area contributed by atoms with Crippen molar-refractivity contribution in [1.82, 2.24) is 20.2 Å². The second-order valence-corrected chi connectivity index (χ2v) is 6.75. The molecule has 0 aliphatic carbocycles. The maximum Gasteiger partial charge on any atom is 0.191 e. The molecule has 0 saturated carbocycles. The number of rotatable bonds is 6. The molecule has 2 N–H and O–H groups in total. The summed E-state index contributed by atoms with van der Waals surface area (Å²) in [5, 5.41) is 6.56. The van der Waals surface area contributed by atoms with Crippen molar-refractivity contribution in [3.8, 4) is 5.69 Å². The number of nitrogens with one attached hydrogen (secondary N) is 2. The van der Waals surface area contributed by atoms with Gasteiger partial charge in [0.2, 0.25) is 0 Å². The van der Waals surface area contributed by atoms with E-state index in [1.807, 2.05) is 31.2 Å². The fraction of sp³-hybridized carbons (Fsp3) is 0.273. The topological polar surface area (TPSA) is 54.2 Å². The Kier molecular flexibility index (Phi) is 8.63. The monoisotopic (exact) mass is 507 g/mol. The van der Waals surface area contributed by atoms with E-state index in [2.05, 4.69) is 39.7 Å². The van der Waals surface area contributed by atoms with Gasteiger partial charge in [-0.05, 0) is 36.1 Å². The smallest absolute Gasteiger partial charge is 0.191 e. The summed E-state index contributed by atoms with van der Waals surface area (Å²) in [7, 11) is 1.73. The van der Waals surface area contributed by atoms with Gasteiger partial charge in [-0.25, -0.2) is 9.37 Å². The Balaban J connectivity index is 0.00000300. The summed E-state index contributed by atoms with van der Waals surface area (Å²) in [5.41, 5.74) is 2.62. The number of aryl methyl sites for hydroxylation is 1. The molecule has 3 rings (SSSR count). The Morgan fingerprint density at radius 2 is 1.93 bits per heavy atom. The van der Waals surface area contributed by atoms with Gasteiger partial charge in [0.05, 0.1) is 5.69 Å². The standard InChI is InChI=1S/C22H26FN5.HI/c1-16(19-7-5-4-6-8-19)14-26-22(24-3)27-15-18-9-10-21(20(23)13-18)28-12-11-25-17(28)2;/h4-13,16H,14-15H2,1-3H3,(H2,24,26,27);1H. The van der Waals surface area contributed by atoms with Crippen LogP contribution in [0.4, 0.5) is 4.39 Å². The van der Waals surface area contributed by atoms with Crippen molar-refractivity contribution >= 4 is 29.9 Å². The summed E-state index contributed by atoms with van der Waals surface area (Å²) in [5.74, 6) is 1.52. The largest absolute Gasteiger partial charge is 0.356 e. The van der Waals surface area contributed by atoms with Crippen LogP contribution in [0.25, 0.3) is 5.69 Å². The van der Waals surface area contributed by atoms with Crippen molar-refractivity contribution in [3.05, 3.63) is 83.7 Å². The second kappa shape index (κ2) is 10.9. The molecule has 0 bridgehead atoms. The van der Waals surface area contributed by atoms with Crippen molar-refractivity contribution in [2.75, 3.05) is 13.6 Å². The molecule has 0 saturated heterocycles. The third-order valence-corrected chi connectivity index (χ3v) is 4.73. The van der Waals surface area contributed by atoms with Crippen molar-refractivity contribution in [2.45, 2.75) is 26.3 Å². The van der Waals surface area contributed by atoms with Crippen molar-refractivity contribution in [3.63, 3.8) is 0 Å². The van der Waals surface area contributed by atoms with Crippen LogP contribution >= 0.6 is 24.0 Å². The lowest BCUT2D eigenvalue weighted by Crippen LogP contribution is -2.38. The predicted molar refractivity (Wildman–Crippen MR) is 127 cm³/mol. The van der Waals surface area contributed by atoms with Crippen LogP contribution in [0, 0.1) is 12.7 Å². The first kappa shape index (κ1) is 22.9. The van der Waals surface area contributed by atoms with Gasteiger partial charge < -0.3 is 15.2 Å². The summed E-state index contributed by atoms with van der Waals surface area (Å²) in [4.78, 5) is 8.39. The number of halogens is 2. The Hall–Kier alpha value is -2.42. The van der Waals surface area contributed by atoms with E-state index < -0.39 is 0 Å². The fourth-order valence-electron chi connectivity index (χ4n) is 3.04. The maximum absolute atomic E-state index is 14.5. The molecule has 0 radical (unpaired) electrons. The van der Waals surface area contributed by atoms with Crippen LogP contribution in [0.3, 0.4) is 0 Å². The van der Waals surface area contributed by atoms with Crippen LogP contribution in [0.1, 0.15) is 29.8 Å². The second-order valence-electron chi connectivity index (χ2n) is 6.75. The Labute approximate surface area is 188 Å². The van der Waals surface area contributed by atoms with Crippen molar-refractivity contribution in [2.24, 2.45) is 4.99 Å². The highest BCUT2D eigenvalue weighted by Gasteiger charge is 2.09. The molecule has 1 heterocycles. The van der Waals surface area contributed by atoms with Crippen LogP contribution in [-0.2, 0) is 6.54 Å². The number of benzene rings is 2. The molecule has 29 heavy (non-hydrogen) atoms.